The summed E-state index contributed by atoms with van der Waals surface area (Å²) in [5, 5.41) is 12.0. The van der Waals surface area contributed by atoms with E-state index in [9.17, 15) is 19.5 Å². The molecule has 12 nitrogen and oxygen atoms in total. The zero-order chi connectivity index (χ0) is 40.0. The average Bonchev–Trinajstić information content (AvgIpc) is 3.54. The van der Waals surface area contributed by atoms with Gasteiger partial charge in [-0.25, -0.2) is 9.59 Å². The molecule has 3 aromatic carbocycles. The first-order valence-corrected chi connectivity index (χ1v) is 20.3. The van der Waals surface area contributed by atoms with Gasteiger partial charge in [-0.1, -0.05) is 55.5 Å². The maximum atomic E-state index is 12.2. The molecule has 2 fully saturated rings. The van der Waals surface area contributed by atoms with Gasteiger partial charge in [0.1, 0.15) is 43.5 Å². The van der Waals surface area contributed by atoms with Crippen molar-refractivity contribution in [1.29, 1.82) is 0 Å². The van der Waals surface area contributed by atoms with Crippen molar-refractivity contribution in [3.05, 3.63) is 95.1 Å². The van der Waals surface area contributed by atoms with Crippen LogP contribution in [0.2, 0.25) is 0 Å². The predicted octanol–water partition coefficient (Wildman–Crippen LogP) is 6.90. The van der Waals surface area contributed by atoms with Crippen LogP contribution in [0.1, 0.15) is 74.1 Å². The van der Waals surface area contributed by atoms with E-state index in [-0.39, 0.29) is 30.5 Å². The van der Waals surface area contributed by atoms with E-state index < -0.39 is 18.1 Å². The number of alkyl carbamates (subject to hydrolysis) is 1. The SMILES string of the molecule is CC(=O)O[C@@H]1CC[C@@H]2[C@H]3CCc4cc(OCCOCCOCCOCCOc5ccc(CC(NC(=O)OCc6ccccc6)C(=O)O)cc5)ccc4[C@@H]3CC[C@]21C. The number of aryl methyl sites for hydroxylation is 1. The van der Waals surface area contributed by atoms with Crippen LogP contribution in [0.5, 0.6) is 11.5 Å². The number of carbonyl (C=O) groups excluding carboxylic acids is 2. The van der Waals surface area contributed by atoms with Crippen LogP contribution < -0.4 is 14.8 Å². The zero-order valence-electron chi connectivity index (χ0n) is 33.2. The molecule has 2 N–H and O–H groups in total. The van der Waals surface area contributed by atoms with Gasteiger partial charge in [-0.05, 0) is 103 Å². The molecule has 3 aliphatic rings. The maximum Gasteiger partial charge on any atom is 0.408 e. The number of carboxylic acid groups (broad SMARTS) is 1. The van der Waals surface area contributed by atoms with Crippen LogP contribution in [0, 0.1) is 17.3 Å². The van der Waals surface area contributed by atoms with Gasteiger partial charge in [0, 0.05) is 18.8 Å². The molecule has 0 saturated heterocycles. The first-order chi connectivity index (χ1) is 27.7. The van der Waals surface area contributed by atoms with Crippen LogP contribution in [0.25, 0.3) is 0 Å². The van der Waals surface area contributed by atoms with Gasteiger partial charge in [-0.15, -0.1) is 0 Å². The van der Waals surface area contributed by atoms with Crippen molar-refractivity contribution in [2.45, 2.75) is 83.5 Å². The van der Waals surface area contributed by atoms with Gasteiger partial charge in [0.15, 0.2) is 0 Å². The Balaban J connectivity index is 0.773. The summed E-state index contributed by atoms with van der Waals surface area (Å²) < 4.78 is 39.6. The Kier molecular flexibility index (Phi) is 15.2. The molecule has 1 amide bonds. The quantitative estimate of drug-likeness (QED) is 0.0858. The molecule has 2 saturated carbocycles. The predicted molar refractivity (Wildman–Crippen MR) is 211 cm³/mol. The third-order valence-corrected chi connectivity index (χ3v) is 11.8. The Labute approximate surface area is 335 Å². The van der Waals surface area contributed by atoms with E-state index in [4.69, 9.17) is 33.2 Å². The summed E-state index contributed by atoms with van der Waals surface area (Å²) in [7, 11) is 0. The van der Waals surface area contributed by atoms with Crippen LogP contribution in [-0.2, 0) is 52.7 Å². The number of carboxylic acids is 1. The molecule has 0 spiro atoms. The molecular formula is C45H57NO11. The summed E-state index contributed by atoms with van der Waals surface area (Å²) in [6.07, 6.45) is 6.01. The summed E-state index contributed by atoms with van der Waals surface area (Å²) in [6, 6.07) is 21.7. The standard InChI is InChI=1S/C45H57NO11/c1-31(47)57-42-17-16-40-39-14-10-34-29-36(13-15-37(34)38(39)18-19-45(40,42)2)55-27-25-53-23-21-51-20-22-52-24-26-54-35-11-8-32(9-12-35)28-41(43(48)49)46-44(50)56-30-33-6-4-3-5-7-33/h3-9,11-13,15,29,38-42H,10,14,16-28,30H2,1-2H3,(H,46,50)(H,48,49)/t38-,39-,40+,41?,42+,45+/m0/s1. The molecule has 12 heteroatoms. The number of fused-ring (bicyclic) bond motifs is 5. The fourth-order valence-electron chi connectivity index (χ4n) is 9.04. The molecule has 3 aliphatic carbocycles. The molecule has 308 valence electrons. The Morgan fingerprint density at radius 1 is 0.772 bits per heavy atom. The Bertz CT molecular complexity index is 1750. The summed E-state index contributed by atoms with van der Waals surface area (Å²) in [5.74, 6) is 2.05. The van der Waals surface area contributed by atoms with Crippen LogP contribution in [0.3, 0.4) is 0 Å². The Morgan fingerprint density at radius 3 is 2.09 bits per heavy atom. The number of ether oxygens (including phenoxy) is 7. The van der Waals surface area contributed by atoms with Gasteiger partial charge < -0.3 is 43.6 Å². The fraction of sp³-hybridized carbons (Fsp3) is 0.533. The molecule has 0 radical (unpaired) electrons. The first kappa shape index (κ1) is 42.0. The van der Waals surface area contributed by atoms with Gasteiger partial charge in [-0.3, -0.25) is 4.79 Å². The minimum atomic E-state index is -1.15. The monoisotopic (exact) mass is 787 g/mol. The number of hydrogen-bond acceptors (Lipinski definition) is 10. The third-order valence-electron chi connectivity index (χ3n) is 11.8. The molecule has 0 bridgehead atoms. The van der Waals surface area contributed by atoms with Crippen LogP contribution in [0.15, 0.2) is 72.8 Å². The topological polar surface area (TPSA) is 148 Å². The minimum Gasteiger partial charge on any atom is -0.491 e. The average molecular weight is 788 g/mol. The second-order valence-corrected chi connectivity index (χ2v) is 15.5. The molecule has 0 heterocycles. The highest BCUT2D eigenvalue weighted by Crippen LogP contribution is 2.61. The number of benzene rings is 3. The van der Waals surface area contributed by atoms with Crippen LogP contribution in [0.4, 0.5) is 4.79 Å². The highest BCUT2D eigenvalue weighted by molar-refractivity contribution is 5.80. The lowest BCUT2D eigenvalue weighted by molar-refractivity contribution is -0.154. The second kappa shape index (κ2) is 20.7. The molecular weight excluding hydrogens is 730 g/mol. The van der Waals surface area contributed by atoms with E-state index in [1.165, 1.54) is 24.5 Å². The van der Waals surface area contributed by atoms with Gasteiger partial charge in [0.25, 0.3) is 0 Å². The molecule has 3 aromatic rings. The first-order valence-electron chi connectivity index (χ1n) is 20.3. The highest BCUT2D eigenvalue weighted by atomic mass is 16.6. The number of hydrogen-bond donors (Lipinski definition) is 2. The Hall–Kier alpha value is -4.65. The molecule has 6 rings (SSSR count). The lowest BCUT2D eigenvalue weighted by Gasteiger charge is -2.50. The van der Waals surface area contributed by atoms with Crippen molar-refractivity contribution in [3.8, 4) is 11.5 Å². The fourth-order valence-corrected chi connectivity index (χ4v) is 9.04. The van der Waals surface area contributed by atoms with E-state index >= 15 is 0 Å². The van der Waals surface area contributed by atoms with Crippen molar-refractivity contribution in [2.75, 3.05) is 52.9 Å². The van der Waals surface area contributed by atoms with Crippen molar-refractivity contribution in [2.24, 2.45) is 17.3 Å². The minimum absolute atomic E-state index is 0.0530. The summed E-state index contributed by atoms with van der Waals surface area (Å²) in [6.45, 7) is 7.42. The number of aliphatic carboxylic acids is 1. The molecule has 57 heavy (non-hydrogen) atoms. The van der Waals surface area contributed by atoms with E-state index in [1.54, 1.807) is 24.3 Å². The van der Waals surface area contributed by atoms with Crippen molar-refractivity contribution in [3.63, 3.8) is 0 Å². The van der Waals surface area contributed by atoms with E-state index in [0.29, 0.717) is 76.4 Å². The Morgan fingerprint density at radius 2 is 1.42 bits per heavy atom. The number of amides is 1. The van der Waals surface area contributed by atoms with E-state index in [1.807, 2.05) is 30.3 Å². The molecule has 6 atom stereocenters. The molecule has 1 unspecified atom stereocenters. The largest absolute Gasteiger partial charge is 0.491 e. The summed E-state index contributed by atoms with van der Waals surface area (Å²) >= 11 is 0. The zero-order valence-corrected chi connectivity index (χ0v) is 33.2. The molecule has 0 aliphatic heterocycles. The normalized spacial score (nSPS) is 22.6. The van der Waals surface area contributed by atoms with E-state index in [0.717, 1.165) is 49.0 Å². The third kappa shape index (κ3) is 11.7. The summed E-state index contributed by atoms with van der Waals surface area (Å²) in [5.41, 5.74) is 4.52. The van der Waals surface area contributed by atoms with Crippen molar-refractivity contribution < 1.29 is 52.6 Å². The van der Waals surface area contributed by atoms with Crippen LogP contribution >= 0.6 is 0 Å². The highest BCUT2D eigenvalue weighted by Gasteiger charge is 2.56. The molecule has 0 aromatic heterocycles. The van der Waals surface area contributed by atoms with Crippen LogP contribution in [-0.4, -0.2) is 88.1 Å². The summed E-state index contributed by atoms with van der Waals surface area (Å²) in [4.78, 5) is 35.6. The number of nitrogens with one attached hydrogen (secondary N) is 1. The lowest BCUT2D eigenvalue weighted by Crippen LogP contribution is -2.45. The maximum absolute atomic E-state index is 12.2. The van der Waals surface area contributed by atoms with Gasteiger partial charge >= 0.3 is 18.0 Å². The van der Waals surface area contributed by atoms with Gasteiger partial charge in [0.05, 0.1) is 39.6 Å². The van der Waals surface area contributed by atoms with Gasteiger partial charge in [-0.2, -0.15) is 0 Å². The number of rotatable bonds is 21. The lowest BCUT2D eigenvalue weighted by atomic mass is 9.55. The number of esters is 1. The van der Waals surface area contributed by atoms with Crippen molar-refractivity contribution >= 4 is 18.0 Å². The van der Waals surface area contributed by atoms with Crippen molar-refractivity contribution in [1.82, 2.24) is 5.32 Å². The van der Waals surface area contributed by atoms with Gasteiger partial charge in [0.2, 0.25) is 0 Å². The number of carbonyl (C=O) groups is 3. The second-order valence-electron chi connectivity index (χ2n) is 15.5. The smallest absolute Gasteiger partial charge is 0.408 e. The van der Waals surface area contributed by atoms with E-state index in [2.05, 4.69) is 30.4 Å².